The molecule has 0 atom stereocenters. The van der Waals surface area contributed by atoms with E-state index in [9.17, 15) is 8.42 Å². The lowest BCUT2D eigenvalue weighted by Crippen LogP contribution is -2.36. The molecule has 0 amide bonds. The largest absolute Gasteiger partial charge is 0.374 e. The molecule has 1 aliphatic rings. The Kier molecular flexibility index (Phi) is 4.14. The van der Waals surface area contributed by atoms with Gasteiger partial charge in [0, 0.05) is 5.70 Å². The topological polar surface area (TPSA) is 58.2 Å². The number of hydrogen-bond donors (Lipinski definition) is 2. The van der Waals surface area contributed by atoms with E-state index in [1.165, 1.54) is 0 Å². The van der Waals surface area contributed by atoms with Gasteiger partial charge in [0.1, 0.15) is 0 Å². The van der Waals surface area contributed by atoms with Gasteiger partial charge >= 0.3 is 0 Å². The standard InChI is InChI=1S/C4H8N2O2S.C2H6/c1-4-2-9(7,8)6-3-5-4;1-2/h2,5-6H,3H2,1H3;1-2H3. The van der Waals surface area contributed by atoms with E-state index in [0.29, 0.717) is 12.4 Å². The van der Waals surface area contributed by atoms with Crippen LogP contribution in [0, 0.1) is 0 Å². The van der Waals surface area contributed by atoms with E-state index in [0.717, 1.165) is 5.41 Å². The average Bonchev–Trinajstić information content (AvgIpc) is 1.89. The molecule has 0 aromatic rings. The van der Waals surface area contributed by atoms with E-state index in [-0.39, 0.29) is 0 Å². The molecule has 0 aromatic heterocycles. The lowest BCUT2D eigenvalue weighted by molar-refractivity contribution is 0.580. The van der Waals surface area contributed by atoms with Crippen molar-refractivity contribution < 1.29 is 8.42 Å². The van der Waals surface area contributed by atoms with Crippen molar-refractivity contribution in [1.29, 1.82) is 0 Å². The predicted molar refractivity (Wildman–Crippen MR) is 45.2 cm³/mol. The summed E-state index contributed by atoms with van der Waals surface area (Å²) in [6, 6.07) is 0. The first-order valence-corrected chi connectivity index (χ1v) is 5.07. The molecule has 1 heterocycles. The van der Waals surface area contributed by atoms with E-state index in [1.807, 2.05) is 13.8 Å². The Balaban J connectivity index is 0.000000461. The number of hydrogen-bond acceptors (Lipinski definition) is 3. The molecule has 11 heavy (non-hydrogen) atoms. The smallest absolute Gasteiger partial charge is 0.236 e. The van der Waals surface area contributed by atoms with Crippen molar-refractivity contribution in [3.63, 3.8) is 0 Å². The van der Waals surface area contributed by atoms with Crippen molar-refractivity contribution >= 4 is 10.0 Å². The number of allylic oxidation sites excluding steroid dienone is 1. The second-order valence-corrected chi connectivity index (χ2v) is 3.46. The van der Waals surface area contributed by atoms with Gasteiger partial charge in [-0.2, -0.15) is 4.72 Å². The van der Waals surface area contributed by atoms with Gasteiger partial charge in [-0.1, -0.05) is 13.8 Å². The highest BCUT2D eigenvalue weighted by Crippen LogP contribution is 1.96. The average molecular weight is 178 g/mol. The molecule has 66 valence electrons. The van der Waals surface area contributed by atoms with Crippen LogP contribution in [-0.2, 0) is 10.0 Å². The molecule has 0 radical (unpaired) electrons. The third-order valence-corrected chi connectivity index (χ3v) is 2.18. The second-order valence-electron chi connectivity index (χ2n) is 1.84. The summed E-state index contributed by atoms with van der Waals surface area (Å²) in [6.07, 6.45) is 0. The molecular weight excluding hydrogens is 164 g/mol. The Morgan fingerprint density at radius 1 is 1.45 bits per heavy atom. The highest BCUT2D eigenvalue weighted by molar-refractivity contribution is 7.92. The van der Waals surface area contributed by atoms with Gasteiger partial charge in [0.2, 0.25) is 10.0 Å². The Bertz CT molecular complexity index is 231. The fourth-order valence-electron chi connectivity index (χ4n) is 0.592. The van der Waals surface area contributed by atoms with Gasteiger partial charge in [-0.15, -0.1) is 0 Å². The molecule has 0 saturated carbocycles. The predicted octanol–water partition coefficient (Wildman–Crippen LogP) is 0.354. The summed E-state index contributed by atoms with van der Waals surface area (Å²) >= 11 is 0. The van der Waals surface area contributed by atoms with Crippen LogP contribution in [0.5, 0.6) is 0 Å². The summed E-state index contributed by atoms with van der Waals surface area (Å²) in [5, 5.41) is 3.97. The van der Waals surface area contributed by atoms with E-state index in [2.05, 4.69) is 10.0 Å². The molecule has 1 rings (SSSR count). The minimum Gasteiger partial charge on any atom is -0.374 e. The minimum absolute atomic E-state index is 0.296. The maximum atomic E-state index is 10.6. The lowest BCUT2D eigenvalue weighted by Gasteiger charge is -2.12. The van der Waals surface area contributed by atoms with Crippen LogP contribution in [0.3, 0.4) is 0 Å². The lowest BCUT2D eigenvalue weighted by atomic mass is 10.6. The van der Waals surface area contributed by atoms with E-state index >= 15 is 0 Å². The van der Waals surface area contributed by atoms with Crippen LogP contribution in [0.4, 0.5) is 0 Å². The molecule has 0 fully saturated rings. The van der Waals surface area contributed by atoms with Crippen LogP contribution in [0.25, 0.3) is 0 Å². The zero-order valence-corrected chi connectivity index (χ0v) is 7.83. The third-order valence-electron chi connectivity index (χ3n) is 0.973. The first-order chi connectivity index (χ1) is 5.10. The van der Waals surface area contributed by atoms with E-state index < -0.39 is 10.0 Å². The Morgan fingerprint density at radius 2 is 2.00 bits per heavy atom. The third kappa shape index (κ3) is 4.00. The zero-order valence-electron chi connectivity index (χ0n) is 7.01. The van der Waals surface area contributed by atoms with Crippen LogP contribution < -0.4 is 10.0 Å². The van der Waals surface area contributed by atoms with Crippen LogP contribution in [-0.4, -0.2) is 15.1 Å². The van der Waals surface area contributed by atoms with Gasteiger partial charge in [-0.3, -0.25) is 0 Å². The molecule has 0 bridgehead atoms. The SMILES string of the molecule is CC.CC1=CS(=O)(=O)NCN1. The maximum Gasteiger partial charge on any atom is 0.236 e. The van der Waals surface area contributed by atoms with E-state index in [4.69, 9.17) is 0 Å². The molecular formula is C6H14N2O2S. The Hall–Kier alpha value is -0.550. The molecule has 5 heteroatoms. The van der Waals surface area contributed by atoms with Crippen LogP contribution in [0.1, 0.15) is 20.8 Å². The molecule has 4 nitrogen and oxygen atoms in total. The molecule has 0 aromatic carbocycles. The molecule has 0 saturated heterocycles. The van der Waals surface area contributed by atoms with Gasteiger partial charge in [0.25, 0.3) is 0 Å². The monoisotopic (exact) mass is 178 g/mol. The van der Waals surface area contributed by atoms with Crippen molar-refractivity contribution in [1.82, 2.24) is 10.0 Å². The summed E-state index contributed by atoms with van der Waals surface area (Å²) in [6.45, 7) is 6.00. The van der Waals surface area contributed by atoms with Gasteiger partial charge in [0.05, 0.1) is 12.1 Å². The van der Waals surface area contributed by atoms with Gasteiger partial charge in [-0.05, 0) is 6.92 Å². The second kappa shape index (κ2) is 4.35. The molecule has 1 aliphatic heterocycles. The first kappa shape index (κ1) is 10.4. The summed E-state index contributed by atoms with van der Waals surface area (Å²) in [5.74, 6) is 0. The Morgan fingerprint density at radius 3 is 2.27 bits per heavy atom. The van der Waals surface area contributed by atoms with Gasteiger partial charge in [-0.25, -0.2) is 8.42 Å². The number of nitrogens with one attached hydrogen (secondary N) is 2. The fraction of sp³-hybridized carbons (Fsp3) is 0.667. The maximum absolute atomic E-state index is 10.6. The Labute approximate surface area is 67.7 Å². The van der Waals surface area contributed by atoms with Crippen LogP contribution in [0.15, 0.2) is 11.1 Å². The normalized spacial score (nSPS) is 20.5. The van der Waals surface area contributed by atoms with Crippen molar-refractivity contribution in [2.75, 3.05) is 6.67 Å². The molecule has 0 unspecified atom stereocenters. The summed E-state index contributed by atoms with van der Waals surface area (Å²) in [4.78, 5) is 0. The summed E-state index contributed by atoms with van der Waals surface area (Å²) < 4.78 is 23.5. The highest BCUT2D eigenvalue weighted by Gasteiger charge is 2.09. The molecule has 2 N–H and O–H groups in total. The number of sulfonamides is 1. The minimum atomic E-state index is -3.11. The van der Waals surface area contributed by atoms with Gasteiger partial charge < -0.3 is 5.32 Å². The molecule has 0 spiro atoms. The van der Waals surface area contributed by atoms with Crippen molar-refractivity contribution in [2.45, 2.75) is 20.8 Å². The number of rotatable bonds is 0. The van der Waals surface area contributed by atoms with Crippen LogP contribution >= 0.6 is 0 Å². The van der Waals surface area contributed by atoms with Gasteiger partial charge in [0.15, 0.2) is 0 Å². The summed E-state index contributed by atoms with van der Waals surface area (Å²) in [5.41, 5.74) is 0.675. The zero-order chi connectivity index (χ0) is 8.91. The first-order valence-electron chi connectivity index (χ1n) is 3.52. The molecule has 0 aliphatic carbocycles. The summed E-state index contributed by atoms with van der Waals surface area (Å²) in [7, 11) is -3.11. The van der Waals surface area contributed by atoms with Crippen molar-refractivity contribution in [3.8, 4) is 0 Å². The van der Waals surface area contributed by atoms with E-state index in [1.54, 1.807) is 6.92 Å². The quantitative estimate of drug-likeness (QED) is 0.563. The van der Waals surface area contributed by atoms with Crippen molar-refractivity contribution in [3.05, 3.63) is 11.1 Å². The highest BCUT2D eigenvalue weighted by atomic mass is 32.2. The van der Waals surface area contributed by atoms with Crippen molar-refractivity contribution in [2.24, 2.45) is 0 Å². The fourth-order valence-corrected chi connectivity index (χ4v) is 1.50. The van der Waals surface area contributed by atoms with Crippen LogP contribution in [0.2, 0.25) is 0 Å².